The fourth-order valence-electron chi connectivity index (χ4n) is 2.62. The molecule has 0 spiro atoms. The number of hydrogen-bond acceptors (Lipinski definition) is 3. The average molecular weight is 263 g/mol. The standard InChI is InChI=1S/C16H25NO2/c1-5-18-16-13(17-4)10-15(16)19-14-9-7-6-8-12(14)11(2)3/h6-9,11,13,15-17H,5,10H2,1-4H3. The summed E-state index contributed by atoms with van der Waals surface area (Å²) in [5.74, 6) is 1.48. The van der Waals surface area contributed by atoms with Gasteiger partial charge in [-0.2, -0.15) is 0 Å². The van der Waals surface area contributed by atoms with E-state index in [0.29, 0.717) is 12.0 Å². The van der Waals surface area contributed by atoms with Crippen LogP contribution in [0.4, 0.5) is 0 Å². The molecule has 0 bridgehead atoms. The molecule has 0 saturated heterocycles. The lowest BCUT2D eigenvalue weighted by Crippen LogP contribution is -2.60. The SMILES string of the molecule is CCOC1C(NC)CC1Oc1ccccc1C(C)C. The van der Waals surface area contributed by atoms with E-state index in [9.17, 15) is 0 Å². The van der Waals surface area contributed by atoms with E-state index in [1.54, 1.807) is 0 Å². The van der Waals surface area contributed by atoms with Gasteiger partial charge in [-0.15, -0.1) is 0 Å². The molecule has 1 aliphatic rings. The Hall–Kier alpha value is -1.06. The predicted octanol–water partition coefficient (Wildman–Crippen LogP) is 2.95. The first-order valence-electron chi connectivity index (χ1n) is 7.21. The molecule has 2 rings (SSSR count). The Kier molecular flexibility index (Phi) is 4.83. The molecule has 1 N–H and O–H groups in total. The largest absolute Gasteiger partial charge is 0.487 e. The molecule has 1 saturated carbocycles. The molecule has 0 amide bonds. The lowest BCUT2D eigenvalue weighted by atomic mass is 9.85. The summed E-state index contributed by atoms with van der Waals surface area (Å²) >= 11 is 0. The van der Waals surface area contributed by atoms with Gasteiger partial charge in [0.25, 0.3) is 0 Å². The van der Waals surface area contributed by atoms with E-state index < -0.39 is 0 Å². The van der Waals surface area contributed by atoms with Crippen LogP contribution < -0.4 is 10.1 Å². The molecule has 1 fully saturated rings. The van der Waals surface area contributed by atoms with Crippen LogP contribution >= 0.6 is 0 Å². The molecule has 1 aromatic rings. The van der Waals surface area contributed by atoms with Crippen molar-refractivity contribution < 1.29 is 9.47 Å². The van der Waals surface area contributed by atoms with E-state index in [1.807, 2.05) is 20.0 Å². The minimum absolute atomic E-state index is 0.162. The van der Waals surface area contributed by atoms with Crippen LogP contribution in [0.3, 0.4) is 0 Å². The fourth-order valence-corrected chi connectivity index (χ4v) is 2.62. The van der Waals surface area contributed by atoms with Gasteiger partial charge in [0.15, 0.2) is 0 Å². The summed E-state index contributed by atoms with van der Waals surface area (Å²) in [5, 5.41) is 3.28. The van der Waals surface area contributed by atoms with E-state index in [1.165, 1.54) is 5.56 Å². The smallest absolute Gasteiger partial charge is 0.128 e. The van der Waals surface area contributed by atoms with Gasteiger partial charge in [-0.3, -0.25) is 0 Å². The van der Waals surface area contributed by atoms with Crippen molar-refractivity contribution in [1.29, 1.82) is 0 Å². The van der Waals surface area contributed by atoms with E-state index in [4.69, 9.17) is 9.47 Å². The van der Waals surface area contributed by atoms with E-state index in [2.05, 4.69) is 37.4 Å². The summed E-state index contributed by atoms with van der Waals surface area (Å²) in [6.07, 6.45) is 1.33. The molecule has 0 aliphatic heterocycles. The van der Waals surface area contributed by atoms with Gasteiger partial charge in [-0.25, -0.2) is 0 Å². The lowest BCUT2D eigenvalue weighted by Gasteiger charge is -2.43. The van der Waals surface area contributed by atoms with Crippen molar-refractivity contribution in [2.24, 2.45) is 0 Å². The van der Waals surface area contributed by atoms with Crippen LogP contribution in [0.5, 0.6) is 5.75 Å². The zero-order valence-corrected chi connectivity index (χ0v) is 12.3. The fraction of sp³-hybridized carbons (Fsp3) is 0.625. The van der Waals surface area contributed by atoms with Crippen molar-refractivity contribution in [3.8, 4) is 5.75 Å². The summed E-state index contributed by atoms with van der Waals surface area (Å²) in [4.78, 5) is 0. The average Bonchev–Trinajstić information content (AvgIpc) is 2.40. The quantitative estimate of drug-likeness (QED) is 0.856. The first-order valence-corrected chi connectivity index (χ1v) is 7.21. The summed E-state index contributed by atoms with van der Waals surface area (Å²) in [6, 6.07) is 8.72. The number of para-hydroxylation sites is 1. The van der Waals surface area contributed by atoms with Gasteiger partial charge in [0.1, 0.15) is 18.0 Å². The van der Waals surface area contributed by atoms with Crippen molar-refractivity contribution in [1.82, 2.24) is 5.32 Å². The normalized spacial score (nSPS) is 26.3. The highest BCUT2D eigenvalue weighted by Crippen LogP contribution is 2.33. The van der Waals surface area contributed by atoms with Crippen LogP contribution in [0.25, 0.3) is 0 Å². The Morgan fingerprint density at radius 2 is 2.05 bits per heavy atom. The molecule has 106 valence electrons. The Labute approximate surface area is 116 Å². The third kappa shape index (κ3) is 3.10. The molecule has 3 nitrogen and oxygen atoms in total. The second-order valence-electron chi connectivity index (χ2n) is 5.40. The van der Waals surface area contributed by atoms with Crippen LogP contribution in [0.15, 0.2) is 24.3 Å². The van der Waals surface area contributed by atoms with Crippen molar-refractivity contribution in [2.75, 3.05) is 13.7 Å². The summed E-state index contributed by atoms with van der Waals surface area (Å²) < 4.78 is 12.0. The van der Waals surface area contributed by atoms with Gasteiger partial charge in [-0.05, 0) is 31.5 Å². The molecule has 3 unspecified atom stereocenters. The number of hydrogen-bond donors (Lipinski definition) is 1. The monoisotopic (exact) mass is 263 g/mol. The van der Waals surface area contributed by atoms with Gasteiger partial charge in [0.05, 0.1) is 0 Å². The molecule has 3 heteroatoms. The lowest BCUT2D eigenvalue weighted by molar-refractivity contribution is -0.103. The Bertz CT molecular complexity index is 405. The Morgan fingerprint density at radius 1 is 1.32 bits per heavy atom. The van der Waals surface area contributed by atoms with Crippen LogP contribution in [0, 0.1) is 0 Å². The van der Waals surface area contributed by atoms with Gasteiger partial charge in [-0.1, -0.05) is 32.0 Å². The number of likely N-dealkylation sites (N-methyl/N-ethyl adjacent to an activating group) is 1. The molecule has 0 aromatic heterocycles. The van der Waals surface area contributed by atoms with Gasteiger partial charge >= 0.3 is 0 Å². The molecule has 1 aliphatic carbocycles. The van der Waals surface area contributed by atoms with E-state index in [-0.39, 0.29) is 12.2 Å². The maximum atomic E-state index is 6.18. The zero-order valence-electron chi connectivity index (χ0n) is 12.3. The third-order valence-electron chi connectivity index (χ3n) is 3.80. The molecule has 19 heavy (non-hydrogen) atoms. The summed E-state index contributed by atoms with van der Waals surface area (Å²) in [6.45, 7) is 7.15. The van der Waals surface area contributed by atoms with Crippen molar-refractivity contribution >= 4 is 0 Å². The molecule has 3 atom stereocenters. The number of rotatable bonds is 6. The van der Waals surface area contributed by atoms with Gasteiger partial charge in [0, 0.05) is 19.1 Å². The molecule has 0 radical (unpaired) electrons. The number of nitrogens with one attached hydrogen (secondary N) is 1. The number of ether oxygens (including phenoxy) is 2. The maximum absolute atomic E-state index is 6.18. The molecular weight excluding hydrogens is 238 g/mol. The first kappa shape index (κ1) is 14.4. The summed E-state index contributed by atoms with van der Waals surface area (Å²) in [7, 11) is 1.98. The zero-order chi connectivity index (χ0) is 13.8. The topological polar surface area (TPSA) is 30.5 Å². The predicted molar refractivity (Wildman–Crippen MR) is 77.8 cm³/mol. The minimum atomic E-state index is 0.162. The van der Waals surface area contributed by atoms with Crippen molar-refractivity contribution in [2.45, 2.75) is 51.4 Å². The highest BCUT2D eigenvalue weighted by atomic mass is 16.5. The Balaban J connectivity index is 2.05. The van der Waals surface area contributed by atoms with Crippen LogP contribution in [0.1, 0.15) is 38.7 Å². The van der Waals surface area contributed by atoms with E-state index in [0.717, 1.165) is 18.8 Å². The van der Waals surface area contributed by atoms with Crippen LogP contribution in [-0.2, 0) is 4.74 Å². The van der Waals surface area contributed by atoms with Crippen LogP contribution in [0.2, 0.25) is 0 Å². The van der Waals surface area contributed by atoms with Crippen LogP contribution in [-0.4, -0.2) is 31.9 Å². The second kappa shape index (κ2) is 6.40. The first-order chi connectivity index (χ1) is 9.17. The number of benzene rings is 1. The molecule has 1 aromatic carbocycles. The van der Waals surface area contributed by atoms with Crippen molar-refractivity contribution in [3.63, 3.8) is 0 Å². The Morgan fingerprint density at radius 3 is 2.68 bits per heavy atom. The van der Waals surface area contributed by atoms with Gasteiger partial charge in [0.2, 0.25) is 0 Å². The van der Waals surface area contributed by atoms with Gasteiger partial charge < -0.3 is 14.8 Å². The highest BCUT2D eigenvalue weighted by Gasteiger charge is 2.43. The van der Waals surface area contributed by atoms with E-state index >= 15 is 0 Å². The molecule has 0 heterocycles. The third-order valence-corrected chi connectivity index (χ3v) is 3.80. The maximum Gasteiger partial charge on any atom is 0.128 e. The minimum Gasteiger partial charge on any atom is -0.487 e. The summed E-state index contributed by atoms with van der Waals surface area (Å²) in [5.41, 5.74) is 1.27. The second-order valence-corrected chi connectivity index (χ2v) is 5.40. The highest BCUT2D eigenvalue weighted by molar-refractivity contribution is 5.36. The van der Waals surface area contributed by atoms with Crippen molar-refractivity contribution in [3.05, 3.63) is 29.8 Å². The molecular formula is C16H25NO2.